The lowest BCUT2D eigenvalue weighted by Gasteiger charge is -2.05. The van der Waals surface area contributed by atoms with Gasteiger partial charge in [0, 0.05) is 5.56 Å². The van der Waals surface area contributed by atoms with Crippen LogP contribution >= 0.6 is 0 Å². The highest BCUT2D eigenvalue weighted by atomic mass is 19.2. The van der Waals surface area contributed by atoms with E-state index in [1.165, 1.54) is 18.3 Å². The zero-order chi connectivity index (χ0) is 18.1. The zero-order valence-corrected chi connectivity index (χ0v) is 13.8. The quantitative estimate of drug-likeness (QED) is 0.405. The molecule has 0 amide bonds. The maximum absolute atomic E-state index is 13.9. The molecule has 2 aromatic rings. The summed E-state index contributed by atoms with van der Waals surface area (Å²) in [6, 6.07) is 9.92. The Morgan fingerprint density at radius 3 is 2.36 bits per heavy atom. The van der Waals surface area contributed by atoms with E-state index in [9.17, 15) is 8.78 Å². The second kappa shape index (κ2) is 9.32. The molecule has 6 heteroatoms. The molecule has 0 spiro atoms. The molecular formula is C19H18F2N2O2. The van der Waals surface area contributed by atoms with Crippen LogP contribution in [0.5, 0.6) is 11.5 Å². The Kier molecular flexibility index (Phi) is 6.83. The summed E-state index contributed by atoms with van der Waals surface area (Å²) in [5, 5.41) is 7.56. The Hall–Kier alpha value is -3.02. The topological polar surface area (TPSA) is 43.2 Å². The van der Waals surface area contributed by atoms with Crippen molar-refractivity contribution in [2.45, 2.75) is 6.92 Å². The van der Waals surface area contributed by atoms with Gasteiger partial charge in [-0.15, -0.1) is 0 Å². The van der Waals surface area contributed by atoms with E-state index in [4.69, 9.17) is 9.47 Å². The molecule has 0 heterocycles. The van der Waals surface area contributed by atoms with Crippen LogP contribution in [0.1, 0.15) is 18.1 Å². The van der Waals surface area contributed by atoms with Gasteiger partial charge >= 0.3 is 0 Å². The summed E-state index contributed by atoms with van der Waals surface area (Å²) in [5.41, 5.74) is 0.785. The predicted octanol–water partition coefficient (Wildman–Crippen LogP) is 4.38. The van der Waals surface area contributed by atoms with Gasteiger partial charge in [-0.05, 0) is 48.9 Å². The zero-order valence-electron chi connectivity index (χ0n) is 13.8. The summed E-state index contributed by atoms with van der Waals surface area (Å²) in [6.45, 7) is 5.96. The number of hydrogen-bond donors (Lipinski definition) is 0. The average molecular weight is 344 g/mol. The minimum Gasteiger partial charge on any atom is -0.491 e. The van der Waals surface area contributed by atoms with Crippen LogP contribution in [0.2, 0.25) is 0 Å². The van der Waals surface area contributed by atoms with Crippen molar-refractivity contribution in [2.75, 3.05) is 13.2 Å². The van der Waals surface area contributed by atoms with Crippen LogP contribution in [0.4, 0.5) is 8.78 Å². The molecule has 2 rings (SSSR count). The van der Waals surface area contributed by atoms with E-state index in [-0.39, 0.29) is 17.9 Å². The molecule has 130 valence electrons. The standard InChI is InChI=1S/C19H18F2N2O2/c1-3-11-25-16-8-5-14(6-9-16)12-22-23-13-15-7-10-17(24-4-2)19(21)18(15)20/h3,5-10,12-13H,1,4,11H2,2H3/b22-12+,23-13-. The summed E-state index contributed by atoms with van der Waals surface area (Å²) in [4.78, 5) is 0. The molecule has 0 atom stereocenters. The molecule has 0 fully saturated rings. The molecule has 25 heavy (non-hydrogen) atoms. The highest BCUT2D eigenvalue weighted by Gasteiger charge is 2.12. The molecule has 0 radical (unpaired) electrons. The van der Waals surface area contributed by atoms with E-state index in [1.807, 2.05) is 0 Å². The average Bonchev–Trinajstić information content (AvgIpc) is 2.63. The van der Waals surface area contributed by atoms with Crippen LogP contribution in [0.15, 0.2) is 59.3 Å². The molecule has 0 aliphatic heterocycles. The van der Waals surface area contributed by atoms with Gasteiger partial charge in [-0.25, -0.2) is 4.39 Å². The van der Waals surface area contributed by atoms with Crippen molar-refractivity contribution in [2.24, 2.45) is 10.2 Å². The van der Waals surface area contributed by atoms with Crippen molar-refractivity contribution in [1.82, 2.24) is 0 Å². The number of benzene rings is 2. The maximum atomic E-state index is 13.9. The highest BCUT2D eigenvalue weighted by molar-refractivity contribution is 5.83. The minimum atomic E-state index is -1.04. The third-order valence-electron chi connectivity index (χ3n) is 3.09. The van der Waals surface area contributed by atoms with E-state index >= 15 is 0 Å². The van der Waals surface area contributed by atoms with Crippen molar-refractivity contribution in [3.63, 3.8) is 0 Å². The van der Waals surface area contributed by atoms with Gasteiger partial charge in [-0.2, -0.15) is 14.6 Å². The van der Waals surface area contributed by atoms with Crippen LogP contribution < -0.4 is 9.47 Å². The molecule has 0 saturated carbocycles. The molecule has 0 bridgehead atoms. The molecule has 2 aromatic carbocycles. The molecular weight excluding hydrogens is 326 g/mol. The molecule has 0 aromatic heterocycles. The lowest BCUT2D eigenvalue weighted by atomic mass is 10.2. The van der Waals surface area contributed by atoms with Crippen molar-refractivity contribution >= 4 is 12.4 Å². The lowest BCUT2D eigenvalue weighted by molar-refractivity contribution is 0.314. The first kappa shape index (κ1) is 18.3. The Labute approximate surface area is 145 Å². The second-order valence-electron chi connectivity index (χ2n) is 4.87. The monoisotopic (exact) mass is 344 g/mol. The summed E-state index contributed by atoms with van der Waals surface area (Å²) >= 11 is 0. The number of halogens is 2. The number of ether oxygens (including phenoxy) is 2. The Bertz CT molecular complexity index is 772. The Balaban J connectivity index is 2.01. The summed E-state index contributed by atoms with van der Waals surface area (Å²) in [7, 11) is 0. The SMILES string of the molecule is C=CCOc1ccc(/C=N/N=C\c2ccc(OCC)c(F)c2F)cc1. The number of rotatable bonds is 8. The first-order valence-corrected chi connectivity index (χ1v) is 7.66. The van der Waals surface area contributed by atoms with Gasteiger partial charge in [0.05, 0.1) is 19.0 Å². The fourth-order valence-corrected chi connectivity index (χ4v) is 1.91. The van der Waals surface area contributed by atoms with Crippen molar-refractivity contribution < 1.29 is 18.3 Å². The Morgan fingerprint density at radius 1 is 0.960 bits per heavy atom. The van der Waals surface area contributed by atoms with Crippen LogP contribution in [-0.4, -0.2) is 25.6 Å². The first-order chi connectivity index (χ1) is 12.2. The normalized spacial score (nSPS) is 11.2. The fraction of sp³-hybridized carbons (Fsp3) is 0.158. The molecule has 0 N–H and O–H groups in total. The van der Waals surface area contributed by atoms with E-state index < -0.39 is 11.6 Å². The minimum absolute atomic E-state index is 0.00808. The van der Waals surface area contributed by atoms with E-state index in [0.717, 1.165) is 11.8 Å². The fourth-order valence-electron chi connectivity index (χ4n) is 1.91. The highest BCUT2D eigenvalue weighted by Crippen LogP contribution is 2.21. The van der Waals surface area contributed by atoms with Gasteiger partial charge in [0.2, 0.25) is 5.82 Å². The van der Waals surface area contributed by atoms with Crippen LogP contribution in [0, 0.1) is 11.6 Å². The third kappa shape index (κ3) is 5.24. The van der Waals surface area contributed by atoms with Crippen molar-refractivity contribution in [1.29, 1.82) is 0 Å². The largest absolute Gasteiger partial charge is 0.491 e. The van der Waals surface area contributed by atoms with Crippen LogP contribution in [0.25, 0.3) is 0 Å². The summed E-state index contributed by atoms with van der Waals surface area (Å²) < 4.78 is 37.9. The molecule has 0 unspecified atom stereocenters. The lowest BCUT2D eigenvalue weighted by Crippen LogP contribution is -2.00. The van der Waals surface area contributed by atoms with Gasteiger partial charge in [0.15, 0.2) is 11.6 Å². The summed E-state index contributed by atoms with van der Waals surface area (Å²) in [5.74, 6) is -1.47. The maximum Gasteiger partial charge on any atom is 0.201 e. The Morgan fingerprint density at radius 2 is 1.68 bits per heavy atom. The summed E-state index contributed by atoms with van der Waals surface area (Å²) in [6.07, 6.45) is 4.30. The first-order valence-electron chi connectivity index (χ1n) is 7.66. The number of nitrogens with zero attached hydrogens (tertiary/aromatic N) is 2. The number of hydrogen-bond acceptors (Lipinski definition) is 4. The van der Waals surface area contributed by atoms with Gasteiger partial charge < -0.3 is 9.47 Å². The van der Waals surface area contributed by atoms with Crippen LogP contribution in [-0.2, 0) is 0 Å². The second-order valence-corrected chi connectivity index (χ2v) is 4.87. The predicted molar refractivity (Wildman–Crippen MR) is 94.8 cm³/mol. The van der Waals surface area contributed by atoms with Gasteiger partial charge in [0.25, 0.3) is 0 Å². The van der Waals surface area contributed by atoms with E-state index in [2.05, 4.69) is 16.8 Å². The molecule has 0 saturated heterocycles. The third-order valence-corrected chi connectivity index (χ3v) is 3.09. The molecule has 0 aliphatic carbocycles. The van der Waals surface area contributed by atoms with Crippen molar-refractivity contribution in [3.05, 3.63) is 71.8 Å². The van der Waals surface area contributed by atoms with E-state index in [0.29, 0.717) is 12.4 Å². The van der Waals surface area contributed by atoms with Gasteiger partial charge in [-0.1, -0.05) is 12.7 Å². The van der Waals surface area contributed by atoms with Crippen molar-refractivity contribution in [3.8, 4) is 11.5 Å². The van der Waals surface area contributed by atoms with E-state index in [1.54, 1.807) is 37.3 Å². The van der Waals surface area contributed by atoms with Crippen LogP contribution in [0.3, 0.4) is 0 Å². The van der Waals surface area contributed by atoms with Gasteiger partial charge in [-0.3, -0.25) is 0 Å². The molecule has 0 aliphatic rings. The molecule has 4 nitrogen and oxygen atoms in total. The van der Waals surface area contributed by atoms with Gasteiger partial charge in [0.1, 0.15) is 12.4 Å². The smallest absolute Gasteiger partial charge is 0.201 e.